The molecule has 2 aliphatic rings. The molecular weight excluding hydrogens is 378 g/mol. The second-order valence-corrected chi connectivity index (χ2v) is 8.43. The molecule has 1 aliphatic carbocycles. The summed E-state index contributed by atoms with van der Waals surface area (Å²) in [5, 5.41) is 4.34. The summed E-state index contributed by atoms with van der Waals surface area (Å²) in [4.78, 5) is 23.0. The van der Waals surface area contributed by atoms with Crippen molar-refractivity contribution in [1.29, 1.82) is 0 Å². The van der Waals surface area contributed by atoms with Crippen LogP contribution >= 0.6 is 0 Å². The number of hydrogen-bond acceptors (Lipinski definition) is 5. The monoisotopic (exact) mass is 405 g/mol. The molecule has 1 amide bonds. The van der Waals surface area contributed by atoms with E-state index in [1.54, 1.807) is 6.33 Å². The zero-order chi connectivity index (χ0) is 20.5. The van der Waals surface area contributed by atoms with Crippen molar-refractivity contribution < 1.29 is 9.53 Å². The minimum Gasteiger partial charge on any atom is -0.439 e. The zero-order valence-electron chi connectivity index (χ0n) is 17.3. The fraction of sp³-hybridized carbons (Fsp3) is 0.435. The first-order chi connectivity index (χ1) is 14.6. The van der Waals surface area contributed by atoms with E-state index in [1.807, 2.05) is 31.4 Å². The number of amides is 1. The Labute approximate surface area is 176 Å². The number of carbonyl (C=O) groups is 1. The maximum Gasteiger partial charge on any atom is 0.223 e. The second-order valence-electron chi connectivity index (χ2n) is 8.43. The predicted molar refractivity (Wildman–Crippen MR) is 114 cm³/mol. The second kappa shape index (κ2) is 8.07. The summed E-state index contributed by atoms with van der Waals surface area (Å²) in [7, 11) is 2.03. The van der Waals surface area contributed by atoms with E-state index in [2.05, 4.69) is 36.9 Å². The van der Waals surface area contributed by atoms with Crippen molar-refractivity contribution in [3.05, 3.63) is 48.5 Å². The molecule has 7 heteroatoms. The van der Waals surface area contributed by atoms with Gasteiger partial charge in [-0.25, -0.2) is 9.97 Å². The largest absolute Gasteiger partial charge is 0.439 e. The van der Waals surface area contributed by atoms with E-state index in [4.69, 9.17) is 4.74 Å². The Morgan fingerprint density at radius 3 is 2.77 bits per heavy atom. The van der Waals surface area contributed by atoms with Gasteiger partial charge in [0.15, 0.2) is 0 Å². The van der Waals surface area contributed by atoms with Gasteiger partial charge in [0.2, 0.25) is 11.8 Å². The van der Waals surface area contributed by atoms with E-state index in [0.717, 1.165) is 62.1 Å². The van der Waals surface area contributed by atoms with E-state index in [0.29, 0.717) is 11.9 Å². The molecule has 7 nitrogen and oxygen atoms in total. The van der Waals surface area contributed by atoms with E-state index < -0.39 is 0 Å². The highest BCUT2D eigenvalue weighted by molar-refractivity contribution is 5.82. The fourth-order valence-electron chi connectivity index (χ4n) is 4.09. The third kappa shape index (κ3) is 4.31. The summed E-state index contributed by atoms with van der Waals surface area (Å²) >= 11 is 0. The number of benzene rings is 1. The van der Waals surface area contributed by atoms with Crippen LogP contribution in [-0.2, 0) is 18.4 Å². The molecule has 5 rings (SSSR count). The van der Waals surface area contributed by atoms with Gasteiger partial charge in [0, 0.05) is 61.8 Å². The summed E-state index contributed by atoms with van der Waals surface area (Å²) in [5.74, 6) is 1.86. The standard InChI is InChI=1S/C23H27N5O2/c1-27-9-6-17-12-20(4-5-21(17)27)30-22-13-19(24-15-25-22)14-28-10-7-18(8-11-28)26-23(29)16-2-3-16/h4-6,9,12-13,15-16,18H,2-3,7-8,10-11,14H2,1H3,(H,26,29). The number of aromatic nitrogens is 3. The molecule has 156 valence electrons. The van der Waals surface area contributed by atoms with Crippen molar-refractivity contribution in [2.75, 3.05) is 13.1 Å². The van der Waals surface area contributed by atoms with Crippen LogP contribution in [0.25, 0.3) is 10.9 Å². The van der Waals surface area contributed by atoms with Gasteiger partial charge in [0.1, 0.15) is 12.1 Å². The molecular formula is C23H27N5O2. The maximum atomic E-state index is 12.0. The van der Waals surface area contributed by atoms with Crippen LogP contribution in [0.5, 0.6) is 11.6 Å². The molecule has 0 unspecified atom stereocenters. The number of nitrogens with zero attached hydrogens (tertiary/aromatic N) is 4. The van der Waals surface area contributed by atoms with Gasteiger partial charge in [0.05, 0.1) is 5.69 Å². The van der Waals surface area contributed by atoms with Gasteiger partial charge in [-0.05, 0) is 49.9 Å². The SMILES string of the molecule is Cn1ccc2cc(Oc3cc(CN4CCC(NC(=O)C5CC5)CC4)ncn3)ccc21. The molecule has 1 saturated heterocycles. The Morgan fingerprint density at radius 2 is 1.97 bits per heavy atom. The summed E-state index contributed by atoms with van der Waals surface area (Å²) in [6, 6.07) is 10.3. The summed E-state index contributed by atoms with van der Waals surface area (Å²) in [6.45, 7) is 2.68. The molecule has 2 aromatic heterocycles. The van der Waals surface area contributed by atoms with Crippen LogP contribution in [-0.4, -0.2) is 44.5 Å². The lowest BCUT2D eigenvalue weighted by Gasteiger charge is -2.32. The van der Waals surface area contributed by atoms with Crippen molar-refractivity contribution in [2.24, 2.45) is 13.0 Å². The van der Waals surface area contributed by atoms with Gasteiger partial charge in [-0.15, -0.1) is 0 Å². The van der Waals surface area contributed by atoms with Gasteiger partial charge in [0.25, 0.3) is 0 Å². The van der Waals surface area contributed by atoms with Crippen LogP contribution in [0.4, 0.5) is 0 Å². The van der Waals surface area contributed by atoms with Crippen LogP contribution in [0.15, 0.2) is 42.9 Å². The molecule has 1 aliphatic heterocycles. The Hall–Kier alpha value is -2.93. The van der Waals surface area contributed by atoms with Crippen molar-refractivity contribution in [3.63, 3.8) is 0 Å². The maximum absolute atomic E-state index is 12.0. The normalized spacial score (nSPS) is 17.9. The van der Waals surface area contributed by atoms with Crippen LogP contribution in [0.1, 0.15) is 31.4 Å². The first kappa shape index (κ1) is 19.1. The Kier molecular flexibility index (Phi) is 5.12. The number of hydrogen-bond donors (Lipinski definition) is 1. The smallest absolute Gasteiger partial charge is 0.223 e. The summed E-state index contributed by atoms with van der Waals surface area (Å²) in [6.07, 6.45) is 7.70. The highest BCUT2D eigenvalue weighted by Gasteiger charge is 2.31. The van der Waals surface area contributed by atoms with Crippen LogP contribution < -0.4 is 10.1 Å². The van der Waals surface area contributed by atoms with Crippen LogP contribution in [0, 0.1) is 5.92 Å². The molecule has 3 heterocycles. The molecule has 0 radical (unpaired) electrons. The lowest BCUT2D eigenvalue weighted by Crippen LogP contribution is -2.44. The number of carbonyl (C=O) groups excluding carboxylic acids is 1. The predicted octanol–water partition coefficient (Wildman–Crippen LogP) is 3.25. The molecule has 0 bridgehead atoms. The zero-order valence-corrected chi connectivity index (χ0v) is 17.3. The average Bonchev–Trinajstić information content (AvgIpc) is 3.54. The number of nitrogens with one attached hydrogen (secondary N) is 1. The van der Waals surface area contributed by atoms with Crippen molar-refractivity contribution in [2.45, 2.75) is 38.3 Å². The number of likely N-dealkylation sites (tertiary alicyclic amines) is 1. The Morgan fingerprint density at radius 1 is 1.13 bits per heavy atom. The number of piperidine rings is 1. The van der Waals surface area contributed by atoms with E-state index in [1.165, 1.54) is 5.52 Å². The molecule has 0 spiro atoms. The van der Waals surface area contributed by atoms with E-state index >= 15 is 0 Å². The van der Waals surface area contributed by atoms with Crippen molar-refractivity contribution >= 4 is 16.8 Å². The van der Waals surface area contributed by atoms with Gasteiger partial charge < -0.3 is 14.6 Å². The highest BCUT2D eigenvalue weighted by Crippen LogP contribution is 2.29. The van der Waals surface area contributed by atoms with E-state index in [9.17, 15) is 4.79 Å². The first-order valence-corrected chi connectivity index (χ1v) is 10.7. The Bertz CT molecular complexity index is 1050. The molecule has 1 N–H and O–H groups in total. The topological polar surface area (TPSA) is 72.3 Å². The fourth-order valence-corrected chi connectivity index (χ4v) is 4.09. The number of fused-ring (bicyclic) bond motifs is 1. The molecule has 1 aromatic carbocycles. The molecule has 2 fully saturated rings. The van der Waals surface area contributed by atoms with Gasteiger partial charge in [-0.2, -0.15) is 0 Å². The van der Waals surface area contributed by atoms with Crippen molar-refractivity contribution in [1.82, 2.24) is 24.8 Å². The third-order valence-corrected chi connectivity index (χ3v) is 6.05. The van der Waals surface area contributed by atoms with Crippen molar-refractivity contribution in [3.8, 4) is 11.6 Å². The lowest BCUT2D eigenvalue weighted by atomic mass is 10.0. The molecule has 3 aromatic rings. The quantitative estimate of drug-likeness (QED) is 0.682. The average molecular weight is 406 g/mol. The van der Waals surface area contributed by atoms with Gasteiger partial charge in [-0.1, -0.05) is 0 Å². The van der Waals surface area contributed by atoms with Gasteiger partial charge >= 0.3 is 0 Å². The minimum absolute atomic E-state index is 0.250. The summed E-state index contributed by atoms with van der Waals surface area (Å²) < 4.78 is 8.07. The number of rotatable bonds is 6. The number of aryl methyl sites for hydroxylation is 1. The van der Waals surface area contributed by atoms with Crippen LogP contribution in [0.3, 0.4) is 0 Å². The highest BCUT2D eigenvalue weighted by atomic mass is 16.5. The molecule has 1 saturated carbocycles. The van der Waals surface area contributed by atoms with Crippen LogP contribution in [0.2, 0.25) is 0 Å². The number of ether oxygens (including phenoxy) is 1. The first-order valence-electron chi connectivity index (χ1n) is 10.7. The van der Waals surface area contributed by atoms with Gasteiger partial charge in [-0.3, -0.25) is 9.69 Å². The molecule has 0 atom stereocenters. The third-order valence-electron chi connectivity index (χ3n) is 6.05. The molecule has 30 heavy (non-hydrogen) atoms. The lowest BCUT2D eigenvalue weighted by molar-refractivity contribution is -0.123. The van der Waals surface area contributed by atoms with E-state index in [-0.39, 0.29) is 11.8 Å². The summed E-state index contributed by atoms with van der Waals surface area (Å²) in [5.41, 5.74) is 2.11. The minimum atomic E-state index is 0.250. The Balaban J connectivity index is 1.17.